The maximum atomic E-state index is 14.3. The van der Waals surface area contributed by atoms with Gasteiger partial charge >= 0.3 is 0 Å². The quantitative estimate of drug-likeness (QED) is 0.189. The van der Waals surface area contributed by atoms with E-state index < -0.39 is 20.3 Å². The van der Waals surface area contributed by atoms with E-state index in [4.69, 9.17) is 8.95 Å². The van der Waals surface area contributed by atoms with Gasteiger partial charge in [0.25, 0.3) is 0 Å². The highest BCUT2D eigenvalue weighted by Crippen LogP contribution is 2.40. The van der Waals surface area contributed by atoms with Crippen LogP contribution in [0.15, 0.2) is 40.4 Å². The summed E-state index contributed by atoms with van der Waals surface area (Å²) in [6.07, 6.45) is 1.02. The fourth-order valence-corrected chi connectivity index (χ4v) is 7.60. The van der Waals surface area contributed by atoms with Crippen molar-refractivity contribution in [1.82, 2.24) is 20.4 Å². The van der Waals surface area contributed by atoms with Crippen molar-refractivity contribution < 1.29 is 23.3 Å². The molecule has 2 unspecified atom stereocenters. The second-order valence-electron chi connectivity index (χ2n) is 13.7. The molecule has 238 valence electrons. The van der Waals surface area contributed by atoms with Crippen molar-refractivity contribution in [1.29, 1.82) is 0 Å². The molecule has 1 aliphatic heterocycles. The Bertz CT molecular complexity index is 1460. The summed E-state index contributed by atoms with van der Waals surface area (Å²) in [5.41, 5.74) is 5.38. The molecule has 4 rings (SSSR count). The normalized spacial score (nSPS) is 18.8. The molecule has 2 amide bonds. The molecule has 0 aliphatic carbocycles. The van der Waals surface area contributed by atoms with E-state index in [2.05, 4.69) is 61.5 Å². The fraction of sp³-hybridized carbons (Fsp3) is 0.545. The molecule has 11 heteroatoms. The van der Waals surface area contributed by atoms with Gasteiger partial charge < -0.3 is 24.0 Å². The van der Waals surface area contributed by atoms with Crippen LogP contribution in [0.25, 0.3) is 10.4 Å². The van der Waals surface area contributed by atoms with Crippen molar-refractivity contribution in [2.45, 2.75) is 104 Å². The first-order valence-corrected chi connectivity index (χ1v) is 19.1. The highest BCUT2D eigenvalue weighted by Gasteiger charge is 2.47. The Kier molecular flexibility index (Phi) is 10.3. The molecule has 1 aromatic carbocycles. The number of hydrogen-bond donors (Lipinski definition) is 1. The van der Waals surface area contributed by atoms with Crippen LogP contribution in [-0.2, 0) is 25.2 Å². The zero-order valence-electron chi connectivity index (χ0n) is 27.3. The molecule has 0 saturated carbocycles. The van der Waals surface area contributed by atoms with Crippen LogP contribution in [-0.4, -0.2) is 60.1 Å². The fourth-order valence-electron chi connectivity index (χ4n) is 5.43. The summed E-state index contributed by atoms with van der Waals surface area (Å²) in [4.78, 5) is 46.4. The number of benzene rings is 1. The van der Waals surface area contributed by atoms with Gasteiger partial charge in [-0.2, -0.15) is 0 Å². The Labute approximate surface area is 265 Å². The predicted molar refractivity (Wildman–Crippen MR) is 175 cm³/mol. The van der Waals surface area contributed by atoms with Gasteiger partial charge in [0.05, 0.1) is 33.9 Å². The third kappa shape index (κ3) is 7.38. The van der Waals surface area contributed by atoms with Crippen LogP contribution in [0, 0.1) is 12.8 Å². The number of aldehydes is 1. The molecule has 3 aromatic rings. The van der Waals surface area contributed by atoms with Crippen LogP contribution < -0.4 is 5.32 Å². The Hall–Kier alpha value is -3.15. The van der Waals surface area contributed by atoms with Gasteiger partial charge in [-0.15, -0.1) is 11.3 Å². The van der Waals surface area contributed by atoms with E-state index in [-0.39, 0.29) is 41.3 Å². The van der Waals surface area contributed by atoms with Gasteiger partial charge in [0.15, 0.2) is 8.32 Å². The summed E-state index contributed by atoms with van der Waals surface area (Å²) < 4.78 is 12.3. The van der Waals surface area contributed by atoms with Crippen LogP contribution in [0.4, 0.5) is 0 Å². The Morgan fingerprint density at radius 1 is 1.20 bits per heavy atom. The van der Waals surface area contributed by atoms with Crippen molar-refractivity contribution in [2.75, 3.05) is 6.54 Å². The van der Waals surface area contributed by atoms with E-state index in [1.807, 2.05) is 45.3 Å². The van der Waals surface area contributed by atoms with E-state index in [9.17, 15) is 14.4 Å². The van der Waals surface area contributed by atoms with Crippen LogP contribution >= 0.6 is 11.3 Å². The molecule has 4 atom stereocenters. The summed E-state index contributed by atoms with van der Waals surface area (Å²) in [5, 5.41) is 7.14. The van der Waals surface area contributed by atoms with E-state index in [1.165, 1.54) is 0 Å². The molecule has 9 nitrogen and oxygen atoms in total. The van der Waals surface area contributed by atoms with Crippen molar-refractivity contribution in [3.63, 3.8) is 0 Å². The standard InChI is InChI=1S/C33H46N4O5SSi/c1-20(2)29(28-16-25(14-15-38)36-41-28)32(40)37-18-26(42-44(8,9)33(5,6)7)17-27(37)31(39)35-21(3)23-10-12-24(13-11-23)30-22(4)34-19-43-30/h10-13,15-16,19-21,26-27,29H,14,17-18H2,1-9H3,(H,35,39)/t21?,26-,27+,29?/m1/s1. The van der Waals surface area contributed by atoms with Gasteiger partial charge in [0.2, 0.25) is 11.8 Å². The SMILES string of the molecule is Cc1ncsc1-c1ccc(C(C)NC(=O)[C@@H]2C[C@@H](O[Si](C)(C)C(C)(C)C)CN2C(=O)C(c2cc(CC=O)no2)C(C)C)cc1. The zero-order chi connectivity index (χ0) is 32.4. The molecular formula is C33H46N4O5SSi. The first-order chi connectivity index (χ1) is 20.6. The summed E-state index contributed by atoms with van der Waals surface area (Å²) >= 11 is 1.61. The number of amides is 2. The second kappa shape index (κ2) is 13.5. The number of rotatable bonds is 11. The lowest BCUT2D eigenvalue weighted by atomic mass is 9.91. The Balaban J connectivity index is 1.57. The molecule has 2 aromatic heterocycles. The Morgan fingerprint density at radius 2 is 1.89 bits per heavy atom. The minimum atomic E-state index is -2.17. The zero-order valence-corrected chi connectivity index (χ0v) is 29.2. The lowest BCUT2D eigenvalue weighted by Gasteiger charge is -2.38. The van der Waals surface area contributed by atoms with Gasteiger partial charge in [0.1, 0.15) is 24.0 Å². The number of hydrogen-bond acceptors (Lipinski definition) is 8. The van der Waals surface area contributed by atoms with E-state index in [0.29, 0.717) is 24.4 Å². The number of aromatic nitrogens is 2. The highest BCUT2D eigenvalue weighted by atomic mass is 32.1. The maximum absolute atomic E-state index is 14.3. The van der Waals surface area contributed by atoms with Gasteiger partial charge in [-0.1, -0.05) is 64.0 Å². The highest BCUT2D eigenvalue weighted by molar-refractivity contribution is 7.13. The van der Waals surface area contributed by atoms with E-state index in [1.54, 1.807) is 22.3 Å². The minimum Gasteiger partial charge on any atom is -0.412 e. The lowest BCUT2D eigenvalue weighted by molar-refractivity contribution is -0.141. The molecule has 1 aliphatic rings. The van der Waals surface area contributed by atoms with E-state index in [0.717, 1.165) is 28.0 Å². The predicted octanol–water partition coefficient (Wildman–Crippen LogP) is 6.46. The number of thiazole rings is 1. The summed E-state index contributed by atoms with van der Waals surface area (Å²) in [6.45, 7) is 19.1. The molecule has 1 N–H and O–H groups in total. The number of nitrogens with zero attached hydrogens (tertiary/aromatic N) is 3. The average Bonchev–Trinajstić information content (AvgIpc) is 3.68. The smallest absolute Gasteiger partial charge is 0.243 e. The first-order valence-electron chi connectivity index (χ1n) is 15.3. The van der Waals surface area contributed by atoms with Crippen molar-refractivity contribution in [2.24, 2.45) is 5.92 Å². The van der Waals surface area contributed by atoms with Crippen LogP contribution in [0.3, 0.4) is 0 Å². The van der Waals surface area contributed by atoms with Crippen molar-refractivity contribution in [3.8, 4) is 10.4 Å². The first kappa shape index (κ1) is 33.7. The molecule has 0 bridgehead atoms. The lowest BCUT2D eigenvalue weighted by Crippen LogP contribution is -2.48. The van der Waals surface area contributed by atoms with Crippen molar-refractivity contribution >= 4 is 37.8 Å². The number of aryl methyl sites for hydroxylation is 1. The monoisotopic (exact) mass is 638 g/mol. The van der Waals surface area contributed by atoms with Crippen LogP contribution in [0.2, 0.25) is 18.1 Å². The van der Waals surface area contributed by atoms with Crippen LogP contribution in [0.1, 0.15) is 82.6 Å². The van der Waals surface area contributed by atoms with Gasteiger partial charge in [-0.25, -0.2) is 4.98 Å². The number of nitrogens with one attached hydrogen (secondary N) is 1. The molecule has 1 saturated heterocycles. The maximum Gasteiger partial charge on any atom is 0.243 e. The van der Waals surface area contributed by atoms with E-state index >= 15 is 0 Å². The Morgan fingerprint density at radius 3 is 2.45 bits per heavy atom. The number of carbonyl (C=O) groups excluding carboxylic acids is 3. The molecule has 3 heterocycles. The third-order valence-corrected chi connectivity index (χ3v) is 14.5. The number of carbonyl (C=O) groups is 3. The third-order valence-electron chi connectivity index (χ3n) is 9.00. The molecule has 1 fully saturated rings. The number of likely N-dealkylation sites (tertiary alicyclic amines) is 1. The molecule has 0 radical (unpaired) electrons. The van der Waals surface area contributed by atoms with Gasteiger partial charge in [-0.3, -0.25) is 9.59 Å². The van der Waals surface area contributed by atoms with Crippen molar-refractivity contribution in [3.05, 3.63) is 58.6 Å². The average molecular weight is 639 g/mol. The van der Waals surface area contributed by atoms with Crippen LogP contribution in [0.5, 0.6) is 0 Å². The topological polar surface area (TPSA) is 115 Å². The van der Waals surface area contributed by atoms with Gasteiger partial charge in [-0.05, 0) is 49.0 Å². The second-order valence-corrected chi connectivity index (χ2v) is 19.3. The van der Waals surface area contributed by atoms with Gasteiger partial charge in [0, 0.05) is 25.5 Å². The molecular weight excluding hydrogens is 593 g/mol. The summed E-state index contributed by atoms with van der Waals surface area (Å²) in [5.74, 6) is -0.781. The molecule has 0 spiro atoms. The molecule has 44 heavy (non-hydrogen) atoms. The minimum absolute atomic E-state index is 0.0180. The summed E-state index contributed by atoms with van der Waals surface area (Å²) in [6, 6.07) is 8.86. The largest absolute Gasteiger partial charge is 0.412 e. The summed E-state index contributed by atoms with van der Waals surface area (Å²) in [7, 11) is -2.17.